The van der Waals surface area contributed by atoms with Crippen molar-refractivity contribution in [1.82, 2.24) is 0 Å². The number of nitrogens with one attached hydrogen (secondary N) is 1. The summed E-state index contributed by atoms with van der Waals surface area (Å²) in [6, 6.07) is 6.75. The Hall–Kier alpha value is -2.22. The molecule has 1 amide bonds. The highest BCUT2D eigenvalue weighted by atomic mass is 16.6. The first-order chi connectivity index (χ1) is 8.35. The number of anilines is 1. The van der Waals surface area contributed by atoms with Crippen LogP contribution in [0.25, 0.3) is 0 Å². The molecule has 0 spiro atoms. The summed E-state index contributed by atoms with van der Waals surface area (Å²) in [4.78, 5) is 11.6. The summed E-state index contributed by atoms with van der Waals surface area (Å²) in [6.07, 6.45) is -0.587. The predicted octanol–water partition coefficient (Wildman–Crippen LogP) is 2.91. The van der Waals surface area contributed by atoms with Crippen molar-refractivity contribution in [2.45, 2.75) is 26.4 Å². The van der Waals surface area contributed by atoms with E-state index in [1.54, 1.807) is 32.9 Å². The van der Waals surface area contributed by atoms with Crippen molar-refractivity contribution in [3.05, 3.63) is 23.8 Å². The lowest BCUT2D eigenvalue weighted by molar-refractivity contribution is 0.0635. The minimum absolute atomic E-state index is 0.408. The van der Waals surface area contributed by atoms with E-state index in [1.807, 2.05) is 6.07 Å². The van der Waals surface area contributed by atoms with Gasteiger partial charge in [0.05, 0.1) is 24.4 Å². The monoisotopic (exact) mass is 248 g/mol. The van der Waals surface area contributed by atoms with Crippen LogP contribution in [0, 0.1) is 11.3 Å². The van der Waals surface area contributed by atoms with Crippen LogP contribution in [-0.4, -0.2) is 18.8 Å². The van der Waals surface area contributed by atoms with Crippen LogP contribution in [0.1, 0.15) is 26.3 Å². The maximum absolute atomic E-state index is 11.6. The fourth-order valence-electron chi connectivity index (χ4n) is 1.29. The second kappa shape index (κ2) is 5.41. The van der Waals surface area contributed by atoms with E-state index in [2.05, 4.69) is 5.32 Å². The van der Waals surface area contributed by atoms with Gasteiger partial charge in [0.25, 0.3) is 0 Å². The standard InChI is InChI=1S/C13H16N2O3/c1-13(2,3)18-12(16)15-10-7-9(8-14)5-6-11(10)17-4/h5-7H,1-4H3,(H,15,16). The van der Waals surface area contributed by atoms with Gasteiger partial charge in [0, 0.05) is 0 Å². The first-order valence-electron chi connectivity index (χ1n) is 5.44. The Kier molecular flexibility index (Phi) is 4.16. The minimum atomic E-state index is -0.587. The van der Waals surface area contributed by atoms with Gasteiger partial charge in [0.15, 0.2) is 0 Å². The summed E-state index contributed by atoms with van der Waals surface area (Å²) < 4.78 is 10.2. The molecule has 5 heteroatoms. The first-order valence-corrected chi connectivity index (χ1v) is 5.44. The van der Waals surface area contributed by atoms with E-state index in [0.717, 1.165) is 0 Å². The van der Waals surface area contributed by atoms with Crippen LogP contribution in [0.15, 0.2) is 18.2 Å². The van der Waals surface area contributed by atoms with Gasteiger partial charge in [-0.15, -0.1) is 0 Å². The molecule has 1 aromatic rings. The topological polar surface area (TPSA) is 71.3 Å². The first kappa shape index (κ1) is 13.8. The number of nitriles is 1. The van der Waals surface area contributed by atoms with Gasteiger partial charge in [-0.2, -0.15) is 5.26 Å². The molecule has 0 atom stereocenters. The molecule has 1 rings (SSSR count). The Morgan fingerprint density at radius 3 is 2.56 bits per heavy atom. The second-order valence-corrected chi connectivity index (χ2v) is 4.65. The summed E-state index contributed by atoms with van der Waals surface area (Å²) in [5.41, 5.74) is 0.261. The van der Waals surface area contributed by atoms with Crippen molar-refractivity contribution in [2.24, 2.45) is 0 Å². The average Bonchev–Trinajstić information content (AvgIpc) is 2.26. The fourth-order valence-corrected chi connectivity index (χ4v) is 1.29. The average molecular weight is 248 g/mol. The van der Waals surface area contributed by atoms with Gasteiger partial charge in [-0.05, 0) is 39.0 Å². The van der Waals surface area contributed by atoms with E-state index in [-0.39, 0.29) is 0 Å². The third-order valence-corrected chi connectivity index (χ3v) is 1.96. The molecular formula is C13H16N2O3. The Labute approximate surface area is 106 Å². The van der Waals surface area contributed by atoms with E-state index in [0.29, 0.717) is 17.0 Å². The third-order valence-electron chi connectivity index (χ3n) is 1.96. The minimum Gasteiger partial charge on any atom is -0.495 e. The number of hydrogen-bond donors (Lipinski definition) is 1. The lowest BCUT2D eigenvalue weighted by Crippen LogP contribution is -2.27. The molecule has 0 unspecified atom stereocenters. The van der Waals surface area contributed by atoms with Crippen LogP contribution in [-0.2, 0) is 4.74 Å². The molecule has 0 bridgehead atoms. The maximum Gasteiger partial charge on any atom is 0.412 e. The van der Waals surface area contributed by atoms with E-state index in [9.17, 15) is 4.79 Å². The Morgan fingerprint density at radius 2 is 2.06 bits per heavy atom. The van der Waals surface area contributed by atoms with Crippen LogP contribution in [0.3, 0.4) is 0 Å². The number of rotatable bonds is 2. The van der Waals surface area contributed by atoms with Gasteiger partial charge >= 0.3 is 6.09 Å². The maximum atomic E-state index is 11.6. The summed E-state index contributed by atoms with van der Waals surface area (Å²) in [7, 11) is 1.49. The van der Waals surface area contributed by atoms with Crippen molar-refractivity contribution in [3.8, 4) is 11.8 Å². The Balaban J connectivity index is 2.89. The number of amides is 1. The highest BCUT2D eigenvalue weighted by Crippen LogP contribution is 2.25. The SMILES string of the molecule is COc1ccc(C#N)cc1NC(=O)OC(C)(C)C. The number of nitrogens with zero attached hydrogens (tertiary/aromatic N) is 1. The lowest BCUT2D eigenvalue weighted by Gasteiger charge is -2.20. The van der Waals surface area contributed by atoms with Crippen molar-refractivity contribution < 1.29 is 14.3 Å². The highest BCUT2D eigenvalue weighted by Gasteiger charge is 2.17. The van der Waals surface area contributed by atoms with Crippen LogP contribution in [0.5, 0.6) is 5.75 Å². The Bertz CT molecular complexity index is 484. The van der Waals surface area contributed by atoms with E-state index in [4.69, 9.17) is 14.7 Å². The molecule has 0 heterocycles. The summed E-state index contributed by atoms with van der Waals surface area (Å²) in [6.45, 7) is 5.32. The smallest absolute Gasteiger partial charge is 0.412 e. The second-order valence-electron chi connectivity index (χ2n) is 4.65. The number of carbonyl (C=O) groups excluding carboxylic acids is 1. The van der Waals surface area contributed by atoms with E-state index >= 15 is 0 Å². The van der Waals surface area contributed by atoms with Gasteiger partial charge in [-0.25, -0.2) is 4.79 Å². The number of methoxy groups -OCH3 is 1. The number of benzene rings is 1. The van der Waals surface area contributed by atoms with Crippen molar-refractivity contribution in [3.63, 3.8) is 0 Å². The molecule has 0 radical (unpaired) electrons. The Morgan fingerprint density at radius 1 is 1.39 bits per heavy atom. The van der Waals surface area contributed by atoms with Gasteiger partial charge in [0.1, 0.15) is 11.4 Å². The molecule has 18 heavy (non-hydrogen) atoms. The highest BCUT2D eigenvalue weighted by molar-refractivity contribution is 5.87. The molecule has 1 aromatic carbocycles. The van der Waals surface area contributed by atoms with Gasteiger partial charge in [-0.1, -0.05) is 0 Å². The molecular weight excluding hydrogens is 232 g/mol. The molecule has 96 valence electrons. The van der Waals surface area contributed by atoms with Crippen molar-refractivity contribution in [2.75, 3.05) is 12.4 Å². The zero-order valence-electron chi connectivity index (χ0n) is 10.9. The van der Waals surface area contributed by atoms with Crippen LogP contribution >= 0.6 is 0 Å². The summed E-state index contributed by atoms with van der Waals surface area (Å²) in [5, 5.41) is 11.4. The summed E-state index contributed by atoms with van der Waals surface area (Å²) in [5.74, 6) is 0.472. The molecule has 0 saturated carbocycles. The van der Waals surface area contributed by atoms with Crippen molar-refractivity contribution in [1.29, 1.82) is 5.26 Å². The third kappa shape index (κ3) is 3.98. The van der Waals surface area contributed by atoms with Crippen LogP contribution in [0.4, 0.5) is 10.5 Å². The predicted molar refractivity (Wildman–Crippen MR) is 67.6 cm³/mol. The van der Waals surface area contributed by atoms with Gasteiger partial charge in [0.2, 0.25) is 0 Å². The number of carbonyl (C=O) groups is 1. The molecule has 0 aliphatic rings. The number of hydrogen-bond acceptors (Lipinski definition) is 4. The normalized spacial score (nSPS) is 10.4. The molecule has 0 aliphatic carbocycles. The van der Waals surface area contributed by atoms with Crippen molar-refractivity contribution >= 4 is 11.8 Å². The largest absolute Gasteiger partial charge is 0.495 e. The van der Waals surface area contributed by atoms with Crippen LogP contribution in [0.2, 0.25) is 0 Å². The molecule has 0 aliphatic heterocycles. The molecule has 0 fully saturated rings. The van der Waals surface area contributed by atoms with E-state index < -0.39 is 11.7 Å². The van der Waals surface area contributed by atoms with Crippen LogP contribution < -0.4 is 10.1 Å². The molecule has 5 nitrogen and oxygen atoms in total. The lowest BCUT2D eigenvalue weighted by atomic mass is 10.2. The molecule has 0 saturated heterocycles. The van der Waals surface area contributed by atoms with Gasteiger partial charge in [-0.3, -0.25) is 5.32 Å². The fraction of sp³-hybridized carbons (Fsp3) is 0.385. The molecule has 1 N–H and O–H groups in total. The molecule has 0 aromatic heterocycles. The van der Waals surface area contributed by atoms with Gasteiger partial charge < -0.3 is 9.47 Å². The summed E-state index contributed by atoms with van der Waals surface area (Å²) >= 11 is 0. The zero-order valence-corrected chi connectivity index (χ0v) is 10.9. The quantitative estimate of drug-likeness (QED) is 0.873. The van der Waals surface area contributed by atoms with E-state index in [1.165, 1.54) is 13.2 Å². The number of ether oxygens (including phenoxy) is 2. The zero-order chi connectivity index (χ0) is 13.8.